The Balaban J connectivity index is 2.43. The third-order valence-electron chi connectivity index (χ3n) is 3.09. The molecule has 1 fully saturated rings. The van der Waals surface area contributed by atoms with Crippen LogP contribution in [0.25, 0.3) is 0 Å². The summed E-state index contributed by atoms with van der Waals surface area (Å²) in [5.41, 5.74) is -1.26. The summed E-state index contributed by atoms with van der Waals surface area (Å²) in [6.45, 7) is 4.97. The molecule has 0 aromatic heterocycles. The Bertz CT molecular complexity index is 311. The van der Waals surface area contributed by atoms with Gasteiger partial charge in [-0.15, -0.1) is 0 Å². The van der Waals surface area contributed by atoms with Crippen LogP contribution in [-0.2, 0) is 9.53 Å². The second-order valence-corrected chi connectivity index (χ2v) is 5.32. The van der Waals surface area contributed by atoms with Gasteiger partial charge < -0.3 is 20.1 Å². The largest absolute Gasteiger partial charge is 0.480 e. The third kappa shape index (κ3) is 4.18. The third-order valence-corrected chi connectivity index (χ3v) is 3.09. The van der Waals surface area contributed by atoms with Gasteiger partial charge in [0.25, 0.3) is 0 Å². The average Bonchev–Trinajstić information content (AvgIpc) is 2.29. The number of ether oxygens (including phenoxy) is 1. The van der Waals surface area contributed by atoms with Crippen molar-refractivity contribution < 1.29 is 19.4 Å². The molecule has 104 valence electrons. The molecule has 6 nitrogen and oxygen atoms in total. The second-order valence-electron chi connectivity index (χ2n) is 5.32. The van der Waals surface area contributed by atoms with Crippen LogP contribution in [0.5, 0.6) is 0 Å². The molecule has 1 unspecified atom stereocenters. The molecule has 1 heterocycles. The Hall–Kier alpha value is -1.30. The van der Waals surface area contributed by atoms with Gasteiger partial charge in [-0.05, 0) is 26.7 Å². The molecule has 0 radical (unpaired) electrons. The van der Waals surface area contributed by atoms with Crippen molar-refractivity contribution >= 4 is 12.0 Å². The normalized spacial score (nSPS) is 20.3. The van der Waals surface area contributed by atoms with Crippen molar-refractivity contribution in [1.82, 2.24) is 10.2 Å². The summed E-state index contributed by atoms with van der Waals surface area (Å²) >= 11 is 0. The maximum Gasteiger partial charge on any atom is 0.328 e. The molecular weight excluding hydrogens is 236 g/mol. The van der Waals surface area contributed by atoms with Crippen molar-refractivity contribution in [2.45, 2.75) is 32.2 Å². The number of urea groups is 1. The molecule has 2 N–H and O–H groups in total. The molecule has 0 aromatic carbocycles. The SMILES string of the molecule is CN(CC1CCCOC1)C(=O)NC(C)(C)C(=O)O. The lowest BCUT2D eigenvalue weighted by molar-refractivity contribution is -0.143. The molecule has 1 saturated heterocycles. The first-order chi connectivity index (χ1) is 8.33. The highest BCUT2D eigenvalue weighted by atomic mass is 16.5. The number of rotatable bonds is 4. The van der Waals surface area contributed by atoms with E-state index < -0.39 is 11.5 Å². The van der Waals surface area contributed by atoms with E-state index in [1.54, 1.807) is 7.05 Å². The Morgan fingerprint density at radius 2 is 2.17 bits per heavy atom. The number of hydrogen-bond donors (Lipinski definition) is 2. The Morgan fingerprint density at radius 1 is 1.50 bits per heavy atom. The van der Waals surface area contributed by atoms with Crippen LogP contribution in [0.1, 0.15) is 26.7 Å². The minimum Gasteiger partial charge on any atom is -0.480 e. The second kappa shape index (κ2) is 6.04. The van der Waals surface area contributed by atoms with Gasteiger partial charge >= 0.3 is 12.0 Å². The fraction of sp³-hybridized carbons (Fsp3) is 0.833. The minimum absolute atomic E-state index is 0.336. The van der Waals surface area contributed by atoms with E-state index in [1.165, 1.54) is 18.7 Å². The van der Waals surface area contributed by atoms with Gasteiger partial charge in [-0.1, -0.05) is 0 Å². The lowest BCUT2D eigenvalue weighted by Gasteiger charge is -2.29. The molecule has 18 heavy (non-hydrogen) atoms. The van der Waals surface area contributed by atoms with Gasteiger partial charge in [0.2, 0.25) is 0 Å². The van der Waals surface area contributed by atoms with E-state index in [2.05, 4.69) is 5.32 Å². The monoisotopic (exact) mass is 258 g/mol. The topological polar surface area (TPSA) is 78.9 Å². The van der Waals surface area contributed by atoms with Crippen LogP contribution in [0.15, 0.2) is 0 Å². The minimum atomic E-state index is -1.26. The number of hydrogen-bond acceptors (Lipinski definition) is 3. The number of nitrogens with zero attached hydrogens (tertiary/aromatic N) is 1. The van der Waals surface area contributed by atoms with Gasteiger partial charge in [0.15, 0.2) is 0 Å². The molecule has 2 amide bonds. The summed E-state index contributed by atoms with van der Waals surface area (Å²) in [6, 6.07) is -0.368. The summed E-state index contributed by atoms with van der Waals surface area (Å²) in [6.07, 6.45) is 2.06. The first-order valence-electron chi connectivity index (χ1n) is 6.17. The Kier molecular flexibility index (Phi) is 4.95. The van der Waals surface area contributed by atoms with E-state index in [9.17, 15) is 9.59 Å². The average molecular weight is 258 g/mol. The van der Waals surface area contributed by atoms with Crippen LogP contribution in [0.3, 0.4) is 0 Å². The zero-order valence-corrected chi connectivity index (χ0v) is 11.2. The van der Waals surface area contributed by atoms with Gasteiger partial charge in [0.1, 0.15) is 5.54 Å². The number of aliphatic carboxylic acids is 1. The van der Waals surface area contributed by atoms with E-state index >= 15 is 0 Å². The number of carbonyl (C=O) groups is 2. The predicted molar refractivity (Wildman–Crippen MR) is 66.4 cm³/mol. The number of carbonyl (C=O) groups excluding carboxylic acids is 1. The smallest absolute Gasteiger partial charge is 0.328 e. The Labute approximate surface area is 107 Å². The molecule has 0 spiro atoms. The summed E-state index contributed by atoms with van der Waals surface area (Å²) < 4.78 is 5.35. The quantitative estimate of drug-likeness (QED) is 0.786. The number of amides is 2. The van der Waals surface area contributed by atoms with E-state index in [-0.39, 0.29) is 6.03 Å². The maximum absolute atomic E-state index is 11.8. The summed E-state index contributed by atoms with van der Waals surface area (Å²) in [5.74, 6) is -0.715. The van der Waals surface area contributed by atoms with Crippen molar-refractivity contribution in [3.8, 4) is 0 Å². The first-order valence-corrected chi connectivity index (χ1v) is 6.17. The molecule has 1 aliphatic rings. The van der Waals surface area contributed by atoms with Gasteiger partial charge in [-0.3, -0.25) is 0 Å². The van der Waals surface area contributed by atoms with Crippen LogP contribution >= 0.6 is 0 Å². The standard InChI is InChI=1S/C12H22N2O4/c1-12(2,10(15)16)13-11(17)14(3)7-9-5-4-6-18-8-9/h9H,4-8H2,1-3H3,(H,13,17)(H,15,16). The molecule has 1 aliphatic heterocycles. The van der Waals surface area contributed by atoms with Gasteiger partial charge in [0.05, 0.1) is 6.61 Å². The van der Waals surface area contributed by atoms with Crippen molar-refractivity contribution in [3.63, 3.8) is 0 Å². The number of nitrogens with one attached hydrogen (secondary N) is 1. The number of carboxylic acid groups (broad SMARTS) is 1. The highest BCUT2D eigenvalue weighted by molar-refractivity contribution is 5.85. The lowest BCUT2D eigenvalue weighted by atomic mass is 10.0. The van der Waals surface area contributed by atoms with Gasteiger partial charge in [-0.2, -0.15) is 0 Å². The molecule has 1 rings (SSSR count). The number of carboxylic acids is 1. The van der Waals surface area contributed by atoms with E-state index in [0.717, 1.165) is 19.4 Å². The van der Waals surface area contributed by atoms with Gasteiger partial charge in [0, 0.05) is 26.1 Å². The Morgan fingerprint density at radius 3 is 2.67 bits per heavy atom. The zero-order chi connectivity index (χ0) is 13.8. The highest BCUT2D eigenvalue weighted by Gasteiger charge is 2.30. The molecule has 0 saturated carbocycles. The summed E-state index contributed by atoms with van der Waals surface area (Å²) in [7, 11) is 1.67. The van der Waals surface area contributed by atoms with Crippen LogP contribution < -0.4 is 5.32 Å². The van der Waals surface area contributed by atoms with Crippen molar-refractivity contribution in [2.75, 3.05) is 26.8 Å². The molecule has 6 heteroatoms. The highest BCUT2D eigenvalue weighted by Crippen LogP contribution is 2.14. The molecular formula is C12H22N2O4. The summed E-state index contributed by atoms with van der Waals surface area (Å²) in [4.78, 5) is 24.3. The zero-order valence-electron chi connectivity index (χ0n) is 11.2. The van der Waals surface area contributed by atoms with Crippen molar-refractivity contribution in [1.29, 1.82) is 0 Å². The van der Waals surface area contributed by atoms with Crippen LogP contribution in [0, 0.1) is 5.92 Å². The molecule has 0 bridgehead atoms. The maximum atomic E-state index is 11.8. The van der Waals surface area contributed by atoms with Crippen LogP contribution in [-0.4, -0.2) is 54.4 Å². The predicted octanol–water partition coefficient (Wildman–Crippen LogP) is 0.918. The first kappa shape index (κ1) is 14.8. The lowest BCUT2D eigenvalue weighted by Crippen LogP contribution is -2.54. The van der Waals surface area contributed by atoms with E-state index in [1.807, 2.05) is 0 Å². The fourth-order valence-electron chi connectivity index (χ4n) is 1.84. The van der Waals surface area contributed by atoms with Gasteiger partial charge in [-0.25, -0.2) is 9.59 Å². The van der Waals surface area contributed by atoms with E-state index in [0.29, 0.717) is 19.1 Å². The molecule has 1 atom stereocenters. The summed E-state index contributed by atoms with van der Waals surface area (Å²) in [5, 5.41) is 11.4. The molecule has 0 aromatic rings. The van der Waals surface area contributed by atoms with E-state index in [4.69, 9.17) is 9.84 Å². The fourth-order valence-corrected chi connectivity index (χ4v) is 1.84. The van der Waals surface area contributed by atoms with Crippen molar-refractivity contribution in [2.24, 2.45) is 5.92 Å². The van der Waals surface area contributed by atoms with Crippen molar-refractivity contribution in [3.05, 3.63) is 0 Å². The van der Waals surface area contributed by atoms with Crippen LogP contribution in [0.4, 0.5) is 4.79 Å². The van der Waals surface area contributed by atoms with Crippen LogP contribution in [0.2, 0.25) is 0 Å². The molecule has 0 aliphatic carbocycles.